The number of aryl methyl sites for hydroxylation is 2. The second-order valence-corrected chi connectivity index (χ2v) is 14.3. The Morgan fingerprint density at radius 3 is 2.37 bits per heavy atom. The van der Waals surface area contributed by atoms with Gasteiger partial charge in [-0.1, -0.05) is 31.2 Å². The van der Waals surface area contributed by atoms with Crippen molar-refractivity contribution in [1.29, 1.82) is 0 Å². The molecule has 12 heteroatoms. The Kier molecular flexibility index (Phi) is 10.3. The molecule has 3 atom stereocenters. The zero-order valence-electron chi connectivity index (χ0n) is 31.2. The predicted octanol–water partition coefficient (Wildman–Crippen LogP) is 5.25. The molecule has 0 spiro atoms. The van der Waals surface area contributed by atoms with Crippen LogP contribution < -0.4 is 26.0 Å². The molecule has 5 heterocycles. The summed E-state index contributed by atoms with van der Waals surface area (Å²) >= 11 is 0. The number of hydrogen-bond acceptors (Lipinski definition) is 9. The highest BCUT2D eigenvalue weighted by Crippen LogP contribution is 2.36. The molecule has 3 aliphatic rings. The lowest BCUT2D eigenvalue weighted by atomic mass is 10.00. The molecule has 2 aromatic heterocycles. The molecule has 280 valence electrons. The van der Waals surface area contributed by atoms with Crippen LogP contribution in [0.15, 0.2) is 72.9 Å². The van der Waals surface area contributed by atoms with Crippen molar-refractivity contribution in [2.24, 2.45) is 0 Å². The molecule has 0 bridgehead atoms. The number of nitrogens with zero attached hydrogens (tertiary/aromatic N) is 4. The van der Waals surface area contributed by atoms with Crippen molar-refractivity contribution in [1.82, 2.24) is 35.6 Å². The Bertz CT molecular complexity index is 2170. The van der Waals surface area contributed by atoms with Crippen molar-refractivity contribution in [2.45, 2.75) is 77.5 Å². The van der Waals surface area contributed by atoms with Crippen LogP contribution in [0.4, 0.5) is 5.69 Å². The monoisotopic (exact) mass is 728 g/mol. The highest BCUT2D eigenvalue weighted by molar-refractivity contribution is 6.00. The van der Waals surface area contributed by atoms with Gasteiger partial charge in [0, 0.05) is 74.4 Å². The van der Waals surface area contributed by atoms with Crippen LogP contribution in [-0.4, -0.2) is 76.6 Å². The lowest BCUT2D eigenvalue weighted by molar-refractivity contribution is 0.0904. The number of amides is 2. The maximum absolute atomic E-state index is 13.6. The molecule has 2 amide bonds. The average Bonchev–Trinajstić information content (AvgIpc) is 3.46. The van der Waals surface area contributed by atoms with Gasteiger partial charge in [0.15, 0.2) is 5.65 Å². The van der Waals surface area contributed by atoms with Crippen molar-refractivity contribution in [3.05, 3.63) is 106 Å². The van der Waals surface area contributed by atoms with E-state index in [0.29, 0.717) is 56.1 Å². The molecular formula is C42H48N8O4. The zero-order valence-corrected chi connectivity index (χ0v) is 31.2. The number of carbonyl (C=O) groups is 2. The first-order chi connectivity index (χ1) is 26.4. The molecule has 3 aliphatic heterocycles. The molecule has 8 rings (SSSR count). The molecule has 0 aliphatic carbocycles. The summed E-state index contributed by atoms with van der Waals surface area (Å²) in [5, 5.41) is 18.9. The van der Waals surface area contributed by atoms with Gasteiger partial charge in [0.25, 0.3) is 11.8 Å². The van der Waals surface area contributed by atoms with Crippen molar-refractivity contribution in [2.75, 3.05) is 32.2 Å². The minimum absolute atomic E-state index is 0.252. The van der Waals surface area contributed by atoms with E-state index in [1.807, 2.05) is 23.0 Å². The SMILES string of the molecule is CCc1nc2c(cnn2CC)c(NC2CCOCC2)c1CNC(=O)c1cccc(C(=O)NCc2cc(OC)cc(-c3cccc(CN4C5CNC54)c3)c2)c1. The first-order valence-corrected chi connectivity index (χ1v) is 19.1. The molecule has 12 nitrogen and oxygen atoms in total. The van der Waals surface area contributed by atoms with Crippen LogP contribution in [0, 0.1) is 0 Å². The number of benzene rings is 3. The third-order valence-corrected chi connectivity index (χ3v) is 10.9. The summed E-state index contributed by atoms with van der Waals surface area (Å²) in [4.78, 5) is 34.5. The largest absolute Gasteiger partial charge is 0.497 e. The van der Waals surface area contributed by atoms with Gasteiger partial charge in [-0.05, 0) is 90.9 Å². The van der Waals surface area contributed by atoms with Crippen molar-refractivity contribution in [3.63, 3.8) is 0 Å². The topological polar surface area (TPSA) is 134 Å². The van der Waals surface area contributed by atoms with Gasteiger partial charge in [-0.3, -0.25) is 19.8 Å². The van der Waals surface area contributed by atoms with Crippen molar-refractivity contribution in [3.8, 4) is 16.9 Å². The summed E-state index contributed by atoms with van der Waals surface area (Å²) in [7, 11) is 1.65. The third-order valence-electron chi connectivity index (χ3n) is 10.9. The second-order valence-electron chi connectivity index (χ2n) is 14.3. The van der Waals surface area contributed by atoms with Crippen LogP contribution >= 0.6 is 0 Å². The number of carbonyl (C=O) groups excluding carboxylic acids is 2. The highest BCUT2D eigenvalue weighted by Gasteiger charge is 2.54. The van der Waals surface area contributed by atoms with E-state index in [-0.39, 0.29) is 24.4 Å². The van der Waals surface area contributed by atoms with Gasteiger partial charge in [0.1, 0.15) is 5.75 Å². The number of fused-ring (bicyclic) bond motifs is 2. The molecular weight excluding hydrogens is 681 g/mol. The molecule has 5 aromatic rings. The Labute approximate surface area is 315 Å². The van der Waals surface area contributed by atoms with E-state index in [1.165, 1.54) is 5.56 Å². The number of anilines is 1. The van der Waals surface area contributed by atoms with E-state index in [4.69, 9.17) is 14.5 Å². The number of ether oxygens (including phenoxy) is 2. The smallest absolute Gasteiger partial charge is 0.251 e. The molecule has 0 saturated carbocycles. The summed E-state index contributed by atoms with van der Waals surface area (Å²) in [5.74, 6) is 0.187. The van der Waals surface area contributed by atoms with Gasteiger partial charge in [0.2, 0.25) is 0 Å². The van der Waals surface area contributed by atoms with Gasteiger partial charge >= 0.3 is 0 Å². The number of methoxy groups -OCH3 is 1. The summed E-state index contributed by atoms with van der Waals surface area (Å²) < 4.78 is 13.2. The summed E-state index contributed by atoms with van der Waals surface area (Å²) in [6.07, 6.45) is 4.90. The molecule has 4 N–H and O–H groups in total. The standard InChI is InChI=1S/C42H48N8O4/c1-4-36-34(38(47-32-12-14-54-15-13-32)35-23-46-50(5-2)39(35)48-36)22-45-42(52)30-11-7-10-29(19-30)41(51)44-21-27-17-31(20-33(18-27)53-3)28-9-6-8-26(16-28)25-49-37-24-43-40(37)49/h6-11,16-20,23,32,37,40,43H,4-5,12-15,21-22,24-25H2,1-3H3,(H,44,51)(H,45,52)(H,47,48). The van der Waals surface area contributed by atoms with Gasteiger partial charge < -0.3 is 25.4 Å². The molecule has 3 saturated heterocycles. The van der Waals surface area contributed by atoms with Crippen LogP contribution in [0.2, 0.25) is 0 Å². The first kappa shape index (κ1) is 35.7. The number of nitrogens with one attached hydrogen (secondary N) is 4. The number of hydrogen-bond donors (Lipinski definition) is 4. The van der Waals surface area contributed by atoms with E-state index in [0.717, 1.165) is 76.3 Å². The lowest BCUT2D eigenvalue weighted by Gasteiger charge is -2.26. The number of rotatable bonds is 14. The third kappa shape index (κ3) is 7.41. The Morgan fingerprint density at radius 1 is 0.926 bits per heavy atom. The fourth-order valence-corrected chi connectivity index (χ4v) is 7.67. The number of pyridine rings is 1. The minimum atomic E-state index is -0.268. The van der Waals surface area contributed by atoms with Crippen LogP contribution in [0.25, 0.3) is 22.2 Å². The summed E-state index contributed by atoms with van der Waals surface area (Å²) in [5.41, 5.74) is 8.78. The lowest BCUT2D eigenvalue weighted by Crippen LogP contribution is -2.35. The number of aromatic nitrogens is 3. The molecule has 0 radical (unpaired) electrons. The molecule has 3 unspecified atom stereocenters. The van der Waals surface area contributed by atoms with Crippen LogP contribution in [0.1, 0.15) is 69.8 Å². The van der Waals surface area contributed by atoms with Crippen LogP contribution in [0.3, 0.4) is 0 Å². The Morgan fingerprint density at radius 2 is 1.67 bits per heavy atom. The fourth-order valence-electron chi connectivity index (χ4n) is 7.67. The predicted molar refractivity (Wildman–Crippen MR) is 208 cm³/mol. The zero-order chi connectivity index (χ0) is 37.2. The van der Waals surface area contributed by atoms with Crippen molar-refractivity contribution >= 4 is 28.5 Å². The van der Waals surface area contributed by atoms with E-state index >= 15 is 0 Å². The fraction of sp³-hybridized carbons (Fsp3) is 0.381. The molecule has 3 aromatic carbocycles. The van der Waals surface area contributed by atoms with Gasteiger partial charge in [-0.15, -0.1) is 0 Å². The van der Waals surface area contributed by atoms with Gasteiger partial charge in [0.05, 0.1) is 36.6 Å². The van der Waals surface area contributed by atoms with Gasteiger partial charge in [-0.25, -0.2) is 9.67 Å². The van der Waals surface area contributed by atoms with E-state index in [1.54, 1.807) is 31.4 Å². The van der Waals surface area contributed by atoms with Crippen molar-refractivity contribution < 1.29 is 19.1 Å². The maximum atomic E-state index is 13.6. The van der Waals surface area contributed by atoms with Crippen LogP contribution in [-0.2, 0) is 37.3 Å². The van der Waals surface area contributed by atoms with E-state index in [2.05, 4.69) is 75.4 Å². The van der Waals surface area contributed by atoms with E-state index < -0.39 is 0 Å². The summed E-state index contributed by atoms with van der Waals surface area (Å²) in [6.45, 7) is 8.84. The quantitative estimate of drug-likeness (QED) is 0.113. The Balaban J connectivity index is 0.948. The first-order valence-electron chi connectivity index (χ1n) is 19.1. The second kappa shape index (κ2) is 15.6. The minimum Gasteiger partial charge on any atom is -0.497 e. The van der Waals surface area contributed by atoms with Gasteiger partial charge in [-0.2, -0.15) is 5.10 Å². The molecule has 54 heavy (non-hydrogen) atoms. The van der Waals surface area contributed by atoms with Crippen LogP contribution in [0.5, 0.6) is 5.75 Å². The normalized spacial score (nSPS) is 19.1. The highest BCUT2D eigenvalue weighted by atomic mass is 16.5. The Hall–Kier alpha value is -5.30. The van der Waals surface area contributed by atoms with E-state index in [9.17, 15) is 9.59 Å². The average molecular weight is 729 g/mol. The summed E-state index contributed by atoms with van der Waals surface area (Å²) in [6, 6.07) is 22.4. The maximum Gasteiger partial charge on any atom is 0.251 e. The molecule has 3 fully saturated rings.